The Bertz CT molecular complexity index is 542. The second-order valence-corrected chi connectivity index (χ2v) is 4.62. The summed E-state index contributed by atoms with van der Waals surface area (Å²) in [5.74, 6) is 6.24. The summed E-state index contributed by atoms with van der Waals surface area (Å²) in [6, 6.07) is 5.41. The van der Waals surface area contributed by atoms with Crippen LogP contribution in [0, 0.1) is 4.77 Å². The van der Waals surface area contributed by atoms with Crippen LogP contribution in [0.5, 0.6) is 0 Å². The quantitative estimate of drug-likeness (QED) is 0.629. The molecule has 0 aliphatic rings. The van der Waals surface area contributed by atoms with Gasteiger partial charge in [-0.3, -0.25) is 0 Å². The number of halogens is 2. The standard InChI is InChI=1S/C8H6BrClN4S/c9-5-1-4(2-6(10)3-5)7-12-13-8(15)14(7)11/h1-3H,11H2,(H,13,15). The number of nitrogens with zero attached hydrogens (tertiary/aromatic N) is 2. The Hall–Kier alpha value is -0.850. The molecular weight excluding hydrogens is 300 g/mol. The summed E-state index contributed by atoms with van der Waals surface area (Å²) in [7, 11) is 0. The molecule has 0 unspecified atom stereocenters. The lowest BCUT2D eigenvalue weighted by Gasteiger charge is -2.01. The Balaban J connectivity index is 2.63. The van der Waals surface area contributed by atoms with Gasteiger partial charge in [-0.25, -0.2) is 9.77 Å². The lowest BCUT2D eigenvalue weighted by Crippen LogP contribution is -2.09. The molecule has 0 atom stereocenters. The first-order valence-corrected chi connectivity index (χ1v) is 5.55. The molecule has 2 aromatic rings. The molecule has 0 bridgehead atoms. The lowest BCUT2D eigenvalue weighted by molar-refractivity contribution is 0.984. The first-order valence-electron chi connectivity index (χ1n) is 3.97. The summed E-state index contributed by atoms with van der Waals surface area (Å²) >= 11 is 14.2. The number of hydrogen-bond acceptors (Lipinski definition) is 3. The van der Waals surface area contributed by atoms with Crippen molar-refractivity contribution in [1.82, 2.24) is 14.9 Å². The number of benzene rings is 1. The third-order valence-corrected chi connectivity index (χ3v) is 2.79. The minimum absolute atomic E-state index is 0.362. The van der Waals surface area contributed by atoms with E-state index in [2.05, 4.69) is 26.1 Å². The van der Waals surface area contributed by atoms with E-state index in [1.54, 1.807) is 12.1 Å². The van der Waals surface area contributed by atoms with Gasteiger partial charge < -0.3 is 5.84 Å². The minimum atomic E-state index is 0.362. The van der Waals surface area contributed by atoms with E-state index in [-0.39, 0.29) is 0 Å². The Labute approximate surface area is 104 Å². The molecule has 0 spiro atoms. The molecule has 4 nitrogen and oxygen atoms in total. The van der Waals surface area contributed by atoms with Crippen molar-refractivity contribution in [2.75, 3.05) is 5.84 Å². The van der Waals surface area contributed by atoms with Crippen molar-refractivity contribution >= 4 is 39.7 Å². The average Bonchev–Trinajstić information content (AvgIpc) is 2.46. The van der Waals surface area contributed by atoms with Gasteiger partial charge in [0.15, 0.2) is 5.82 Å². The van der Waals surface area contributed by atoms with Crippen molar-refractivity contribution < 1.29 is 0 Å². The number of rotatable bonds is 1. The largest absolute Gasteiger partial charge is 0.335 e. The smallest absolute Gasteiger partial charge is 0.214 e. The van der Waals surface area contributed by atoms with Gasteiger partial charge in [-0.15, -0.1) is 0 Å². The van der Waals surface area contributed by atoms with Crippen LogP contribution in [0.4, 0.5) is 0 Å². The van der Waals surface area contributed by atoms with E-state index in [4.69, 9.17) is 29.7 Å². The summed E-state index contributed by atoms with van der Waals surface area (Å²) in [6.45, 7) is 0. The van der Waals surface area contributed by atoms with Crippen molar-refractivity contribution in [2.24, 2.45) is 0 Å². The van der Waals surface area contributed by atoms with Crippen LogP contribution in [-0.2, 0) is 0 Å². The fourth-order valence-corrected chi connectivity index (χ4v) is 2.18. The van der Waals surface area contributed by atoms with Crippen molar-refractivity contribution in [1.29, 1.82) is 0 Å². The monoisotopic (exact) mass is 304 g/mol. The van der Waals surface area contributed by atoms with Crippen LogP contribution in [-0.4, -0.2) is 14.9 Å². The highest BCUT2D eigenvalue weighted by Crippen LogP contribution is 2.25. The Morgan fingerprint density at radius 3 is 2.73 bits per heavy atom. The maximum Gasteiger partial charge on any atom is 0.214 e. The van der Waals surface area contributed by atoms with E-state index >= 15 is 0 Å². The zero-order valence-corrected chi connectivity index (χ0v) is 10.5. The van der Waals surface area contributed by atoms with Crippen molar-refractivity contribution in [3.63, 3.8) is 0 Å². The van der Waals surface area contributed by atoms with Crippen LogP contribution < -0.4 is 5.84 Å². The number of nitrogens with two attached hydrogens (primary N) is 1. The molecule has 0 saturated carbocycles. The van der Waals surface area contributed by atoms with E-state index in [9.17, 15) is 0 Å². The predicted octanol–water partition coefficient (Wildman–Crippen LogP) is 2.74. The second-order valence-electron chi connectivity index (χ2n) is 2.88. The number of nitrogen functional groups attached to an aromatic ring is 1. The van der Waals surface area contributed by atoms with E-state index in [1.165, 1.54) is 4.68 Å². The zero-order chi connectivity index (χ0) is 11.0. The molecule has 0 aliphatic carbocycles. The van der Waals surface area contributed by atoms with Gasteiger partial charge >= 0.3 is 0 Å². The van der Waals surface area contributed by atoms with E-state index in [0.717, 1.165) is 10.0 Å². The maximum absolute atomic E-state index is 5.92. The summed E-state index contributed by atoms with van der Waals surface area (Å²) in [5.41, 5.74) is 0.796. The zero-order valence-electron chi connectivity index (χ0n) is 7.37. The topological polar surface area (TPSA) is 59.6 Å². The van der Waals surface area contributed by atoms with Gasteiger partial charge in [0.05, 0.1) is 0 Å². The predicted molar refractivity (Wildman–Crippen MR) is 65.7 cm³/mol. The summed E-state index contributed by atoms with van der Waals surface area (Å²) in [5, 5.41) is 7.22. The number of H-pyrrole nitrogens is 1. The highest BCUT2D eigenvalue weighted by Gasteiger charge is 2.07. The van der Waals surface area contributed by atoms with Crippen LogP contribution in [0.1, 0.15) is 0 Å². The maximum atomic E-state index is 5.92. The number of nitrogens with one attached hydrogen (secondary N) is 1. The third-order valence-electron chi connectivity index (χ3n) is 1.83. The Kier molecular flexibility index (Phi) is 2.81. The van der Waals surface area contributed by atoms with Crippen LogP contribution in [0.3, 0.4) is 0 Å². The minimum Gasteiger partial charge on any atom is -0.335 e. The van der Waals surface area contributed by atoms with Gasteiger partial charge in [0.1, 0.15) is 0 Å². The average molecular weight is 306 g/mol. The molecule has 3 N–H and O–H groups in total. The van der Waals surface area contributed by atoms with Crippen LogP contribution in [0.25, 0.3) is 11.4 Å². The molecule has 7 heteroatoms. The normalized spacial score (nSPS) is 10.5. The van der Waals surface area contributed by atoms with Gasteiger partial charge in [-0.2, -0.15) is 5.10 Å². The molecule has 78 valence electrons. The number of aromatic nitrogens is 3. The van der Waals surface area contributed by atoms with Gasteiger partial charge in [-0.1, -0.05) is 27.5 Å². The molecule has 0 saturated heterocycles. The molecule has 0 aliphatic heterocycles. The van der Waals surface area contributed by atoms with Crippen molar-refractivity contribution in [3.8, 4) is 11.4 Å². The number of aromatic amines is 1. The molecule has 15 heavy (non-hydrogen) atoms. The summed E-state index contributed by atoms with van der Waals surface area (Å²) in [6.07, 6.45) is 0. The van der Waals surface area contributed by atoms with Gasteiger partial charge in [0.25, 0.3) is 0 Å². The fraction of sp³-hybridized carbons (Fsp3) is 0. The van der Waals surface area contributed by atoms with Crippen LogP contribution in [0.15, 0.2) is 22.7 Å². The molecular formula is C8H6BrClN4S. The van der Waals surface area contributed by atoms with Crippen LogP contribution in [0.2, 0.25) is 5.02 Å². The molecule has 1 aromatic carbocycles. The van der Waals surface area contributed by atoms with E-state index < -0.39 is 0 Å². The van der Waals surface area contributed by atoms with Crippen LogP contribution >= 0.6 is 39.7 Å². The lowest BCUT2D eigenvalue weighted by atomic mass is 10.2. The van der Waals surface area contributed by atoms with Gasteiger partial charge in [-0.05, 0) is 30.4 Å². The summed E-state index contributed by atoms with van der Waals surface area (Å²) in [4.78, 5) is 0. The SMILES string of the molecule is Nn1c(-c2cc(Cl)cc(Br)c2)n[nH]c1=S. The first kappa shape index (κ1) is 10.7. The van der Waals surface area contributed by atoms with Crippen molar-refractivity contribution in [2.45, 2.75) is 0 Å². The van der Waals surface area contributed by atoms with Crippen molar-refractivity contribution in [3.05, 3.63) is 32.5 Å². The fourth-order valence-electron chi connectivity index (χ4n) is 1.19. The molecule has 0 amide bonds. The molecule has 0 radical (unpaired) electrons. The molecule has 1 heterocycles. The van der Waals surface area contributed by atoms with E-state index in [0.29, 0.717) is 15.6 Å². The second kappa shape index (κ2) is 3.96. The Morgan fingerprint density at radius 1 is 1.47 bits per heavy atom. The highest BCUT2D eigenvalue weighted by atomic mass is 79.9. The number of hydrogen-bond donors (Lipinski definition) is 2. The third kappa shape index (κ3) is 2.06. The van der Waals surface area contributed by atoms with Gasteiger partial charge in [0, 0.05) is 15.1 Å². The summed E-state index contributed by atoms with van der Waals surface area (Å²) < 4.78 is 2.52. The molecule has 1 aromatic heterocycles. The van der Waals surface area contributed by atoms with E-state index in [1.807, 2.05) is 6.07 Å². The first-order chi connectivity index (χ1) is 7.08. The Morgan fingerprint density at radius 2 is 2.20 bits per heavy atom. The van der Waals surface area contributed by atoms with Gasteiger partial charge in [0.2, 0.25) is 4.77 Å². The highest BCUT2D eigenvalue weighted by molar-refractivity contribution is 9.10. The molecule has 2 rings (SSSR count). The molecule has 0 fully saturated rings.